The van der Waals surface area contributed by atoms with Crippen LogP contribution in [0.3, 0.4) is 0 Å². The van der Waals surface area contributed by atoms with Gasteiger partial charge in [0, 0.05) is 30.4 Å². The lowest BCUT2D eigenvalue weighted by molar-refractivity contribution is 0.0730. The Kier molecular flexibility index (Phi) is 5.05. The summed E-state index contributed by atoms with van der Waals surface area (Å²) in [5, 5.41) is 0.606. The molecule has 1 aliphatic rings. The number of aromatic nitrogens is 1. The number of hydrogen-bond acceptors (Lipinski definition) is 4. The van der Waals surface area contributed by atoms with Crippen LogP contribution in [0.15, 0.2) is 52.3 Å². The van der Waals surface area contributed by atoms with Crippen LogP contribution in [-0.2, 0) is 21.3 Å². The molecule has 1 saturated heterocycles. The maximum absolute atomic E-state index is 12.7. The van der Waals surface area contributed by atoms with E-state index in [1.165, 1.54) is 27.2 Å². The van der Waals surface area contributed by atoms with E-state index in [4.69, 9.17) is 16.3 Å². The number of nitrogens with zero attached hydrogens (tertiary/aromatic N) is 2. The summed E-state index contributed by atoms with van der Waals surface area (Å²) >= 11 is 5.85. The molecule has 24 heavy (non-hydrogen) atoms. The number of hydrogen-bond donors (Lipinski definition) is 0. The molecule has 0 bridgehead atoms. The molecule has 1 aromatic carbocycles. The van der Waals surface area contributed by atoms with Crippen LogP contribution >= 0.6 is 11.6 Å². The van der Waals surface area contributed by atoms with Crippen LogP contribution in [0.1, 0.15) is 5.56 Å². The summed E-state index contributed by atoms with van der Waals surface area (Å²) in [6, 6.07) is 9.71. The Morgan fingerprint density at radius 3 is 2.38 bits per heavy atom. The molecule has 0 radical (unpaired) electrons. The Hall–Kier alpha value is -1.67. The van der Waals surface area contributed by atoms with Crippen LogP contribution in [-0.4, -0.2) is 43.6 Å². The average Bonchev–Trinajstić information content (AvgIpc) is 2.59. The van der Waals surface area contributed by atoms with E-state index in [9.17, 15) is 13.2 Å². The minimum absolute atomic E-state index is 0.109. The lowest BCUT2D eigenvalue weighted by Crippen LogP contribution is -2.41. The number of benzene rings is 1. The largest absolute Gasteiger partial charge is 0.379 e. The predicted octanol–water partition coefficient (Wildman–Crippen LogP) is 1.57. The molecule has 2 heterocycles. The van der Waals surface area contributed by atoms with Crippen molar-refractivity contribution in [3.05, 3.63) is 63.5 Å². The third kappa shape index (κ3) is 3.70. The van der Waals surface area contributed by atoms with Crippen molar-refractivity contribution in [2.24, 2.45) is 0 Å². The topological polar surface area (TPSA) is 68.6 Å². The molecule has 0 saturated carbocycles. The number of ether oxygens (including phenoxy) is 1. The molecule has 0 atom stereocenters. The highest BCUT2D eigenvalue weighted by atomic mass is 35.5. The van der Waals surface area contributed by atoms with Gasteiger partial charge in [-0.15, -0.1) is 0 Å². The first-order chi connectivity index (χ1) is 11.5. The van der Waals surface area contributed by atoms with Gasteiger partial charge < -0.3 is 9.30 Å². The average molecular weight is 369 g/mol. The molecule has 0 amide bonds. The highest BCUT2D eigenvalue weighted by Gasteiger charge is 2.26. The van der Waals surface area contributed by atoms with Crippen molar-refractivity contribution in [2.75, 3.05) is 26.3 Å². The Balaban J connectivity index is 1.90. The molecule has 0 unspecified atom stereocenters. The molecule has 8 heteroatoms. The van der Waals surface area contributed by atoms with Crippen molar-refractivity contribution in [1.82, 2.24) is 8.87 Å². The standard InChI is InChI=1S/C16H17ClN2O4S/c17-14-3-1-13(2-4-14)11-18-12-15(5-6-16(18)20)24(21,22)19-7-9-23-10-8-19/h1-6,12H,7-11H2. The summed E-state index contributed by atoms with van der Waals surface area (Å²) in [6.07, 6.45) is 1.39. The molecule has 1 fully saturated rings. The van der Waals surface area contributed by atoms with E-state index in [1.807, 2.05) is 0 Å². The van der Waals surface area contributed by atoms with Gasteiger partial charge in [-0.1, -0.05) is 23.7 Å². The van der Waals surface area contributed by atoms with E-state index in [1.54, 1.807) is 24.3 Å². The quantitative estimate of drug-likeness (QED) is 0.821. The van der Waals surface area contributed by atoms with E-state index in [-0.39, 0.29) is 17.0 Å². The minimum atomic E-state index is -3.63. The van der Waals surface area contributed by atoms with Gasteiger partial charge in [-0.05, 0) is 23.8 Å². The fraction of sp³-hybridized carbons (Fsp3) is 0.312. The normalized spacial score (nSPS) is 16.2. The first-order valence-corrected chi connectivity index (χ1v) is 9.31. The maximum atomic E-state index is 12.7. The Labute approximate surface area is 145 Å². The van der Waals surface area contributed by atoms with Crippen LogP contribution < -0.4 is 5.56 Å². The zero-order valence-corrected chi connectivity index (χ0v) is 14.5. The molecule has 0 N–H and O–H groups in total. The van der Waals surface area contributed by atoms with Crippen LogP contribution in [0.2, 0.25) is 5.02 Å². The van der Waals surface area contributed by atoms with Crippen LogP contribution in [0.25, 0.3) is 0 Å². The molecule has 0 spiro atoms. The summed E-state index contributed by atoms with van der Waals surface area (Å²) in [7, 11) is -3.63. The summed E-state index contributed by atoms with van der Waals surface area (Å²) in [5.41, 5.74) is 0.605. The van der Waals surface area contributed by atoms with Crippen molar-refractivity contribution in [3.63, 3.8) is 0 Å². The lowest BCUT2D eigenvalue weighted by atomic mass is 10.2. The Bertz CT molecular complexity index is 872. The Morgan fingerprint density at radius 1 is 1.04 bits per heavy atom. The van der Waals surface area contributed by atoms with E-state index in [0.29, 0.717) is 31.3 Å². The third-order valence-electron chi connectivity index (χ3n) is 3.83. The van der Waals surface area contributed by atoms with E-state index >= 15 is 0 Å². The first-order valence-electron chi connectivity index (χ1n) is 7.50. The van der Waals surface area contributed by atoms with Crippen molar-refractivity contribution >= 4 is 21.6 Å². The fourth-order valence-electron chi connectivity index (χ4n) is 2.51. The van der Waals surface area contributed by atoms with Gasteiger partial charge in [0.1, 0.15) is 0 Å². The highest BCUT2D eigenvalue weighted by molar-refractivity contribution is 7.89. The molecule has 2 aromatic rings. The fourth-order valence-corrected chi connectivity index (χ4v) is 4.06. The predicted molar refractivity (Wildman–Crippen MR) is 90.8 cm³/mol. The SMILES string of the molecule is O=c1ccc(S(=O)(=O)N2CCOCC2)cn1Cc1ccc(Cl)cc1. The van der Waals surface area contributed by atoms with Gasteiger partial charge >= 0.3 is 0 Å². The van der Waals surface area contributed by atoms with Crippen LogP contribution in [0.5, 0.6) is 0 Å². The van der Waals surface area contributed by atoms with Gasteiger partial charge in [-0.25, -0.2) is 8.42 Å². The van der Waals surface area contributed by atoms with E-state index in [2.05, 4.69) is 0 Å². The third-order valence-corrected chi connectivity index (χ3v) is 5.96. The monoisotopic (exact) mass is 368 g/mol. The van der Waals surface area contributed by atoms with Gasteiger partial charge in [-0.3, -0.25) is 4.79 Å². The maximum Gasteiger partial charge on any atom is 0.250 e. The summed E-state index contributed by atoms with van der Waals surface area (Å²) in [4.78, 5) is 12.2. The van der Waals surface area contributed by atoms with Gasteiger partial charge in [0.15, 0.2) is 0 Å². The van der Waals surface area contributed by atoms with Gasteiger partial charge in [0.05, 0.1) is 24.7 Å². The van der Waals surface area contributed by atoms with Crippen LogP contribution in [0.4, 0.5) is 0 Å². The van der Waals surface area contributed by atoms with Crippen LogP contribution in [0, 0.1) is 0 Å². The van der Waals surface area contributed by atoms with Crippen molar-refractivity contribution < 1.29 is 13.2 Å². The zero-order valence-electron chi connectivity index (χ0n) is 12.9. The Morgan fingerprint density at radius 2 is 1.71 bits per heavy atom. The lowest BCUT2D eigenvalue weighted by Gasteiger charge is -2.26. The first kappa shape index (κ1) is 17.2. The second kappa shape index (κ2) is 7.06. The molecule has 128 valence electrons. The summed E-state index contributed by atoms with van der Waals surface area (Å²) in [6.45, 7) is 1.67. The van der Waals surface area contributed by atoms with Gasteiger partial charge in [-0.2, -0.15) is 4.31 Å². The van der Waals surface area contributed by atoms with Gasteiger partial charge in [0.25, 0.3) is 5.56 Å². The van der Waals surface area contributed by atoms with Crippen molar-refractivity contribution in [1.29, 1.82) is 0 Å². The number of halogens is 1. The summed E-state index contributed by atoms with van der Waals surface area (Å²) in [5.74, 6) is 0. The minimum Gasteiger partial charge on any atom is -0.379 e. The van der Waals surface area contributed by atoms with E-state index < -0.39 is 10.0 Å². The van der Waals surface area contributed by atoms with Gasteiger partial charge in [0.2, 0.25) is 10.0 Å². The molecular formula is C16H17ClN2O4S. The second-order valence-corrected chi connectivity index (χ2v) is 7.85. The molecule has 1 aromatic heterocycles. The number of morpholine rings is 1. The molecular weight excluding hydrogens is 352 g/mol. The molecule has 1 aliphatic heterocycles. The zero-order chi connectivity index (χ0) is 17.2. The summed E-state index contributed by atoms with van der Waals surface area (Å²) < 4.78 is 33.3. The molecule has 3 rings (SSSR count). The number of rotatable bonds is 4. The number of sulfonamides is 1. The second-order valence-electron chi connectivity index (χ2n) is 5.47. The molecule has 0 aliphatic carbocycles. The smallest absolute Gasteiger partial charge is 0.250 e. The van der Waals surface area contributed by atoms with Crippen molar-refractivity contribution in [3.8, 4) is 0 Å². The number of pyridine rings is 1. The van der Waals surface area contributed by atoms with Crippen molar-refractivity contribution in [2.45, 2.75) is 11.4 Å². The highest BCUT2D eigenvalue weighted by Crippen LogP contribution is 2.16. The molecule has 6 nitrogen and oxygen atoms in total. The van der Waals surface area contributed by atoms with E-state index in [0.717, 1.165) is 5.56 Å².